The molecular weight excluding hydrogens is 360 g/mol. The van der Waals surface area contributed by atoms with Gasteiger partial charge in [0.15, 0.2) is 5.82 Å². The van der Waals surface area contributed by atoms with Crippen LogP contribution in [0.3, 0.4) is 0 Å². The number of rotatable bonds is 5. The van der Waals surface area contributed by atoms with Crippen molar-refractivity contribution >= 4 is 17.7 Å². The standard InChI is InChI=1S/C19H28N6O3/c1-2-28-19(27)14-11-20-24-17(14)21-18(26)12-6-8-25(9-7-12)16-10-13-4-3-5-15(13)22-23-16/h10,12,14,17,20,24H,2-9,11H2,1H3,(H,21,26). The normalized spacial score (nSPS) is 24.8. The topological polar surface area (TPSA) is 108 Å². The molecule has 0 saturated carbocycles. The van der Waals surface area contributed by atoms with Crippen LogP contribution in [0, 0.1) is 11.8 Å². The van der Waals surface area contributed by atoms with Crippen LogP contribution in [-0.2, 0) is 27.2 Å². The number of hydrazine groups is 1. The zero-order valence-electron chi connectivity index (χ0n) is 16.2. The minimum absolute atomic E-state index is 0.0183. The molecule has 2 fully saturated rings. The summed E-state index contributed by atoms with van der Waals surface area (Å²) in [7, 11) is 0. The van der Waals surface area contributed by atoms with Crippen molar-refractivity contribution in [1.82, 2.24) is 26.4 Å². The lowest BCUT2D eigenvalue weighted by atomic mass is 9.95. The third kappa shape index (κ3) is 3.95. The largest absolute Gasteiger partial charge is 0.466 e. The number of esters is 1. The van der Waals surface area contributed by atoms with Gasteiger partial charge in [0.05, 0.1) is 12.3 Å². The van der Waals surface area contributed by atoms with Crippen LogP contribution in [0.25, 0.3) is 0 Å². The number of anilines is 1. The van der Waals surface area contributed by atoms with E-state index < -0.39 is 12.1 Å². The first-order valence-electron chi connectivity index (χ1n) is 10.2. The van der Waals surface area contributed by atoms with Crippen molar-refractivity contribution in [3.8, 4) is 0 Å². The van der Waals surface area contributed by atoms with Gasteiger partial charge in [-0.2, -0.15) is 5.10 Å². The van der Waals surface area contributed by atoms with E-state index in [4.69, 9.17) is 4.74 Å². The molecule has 0 bridgehead atoms. The van der Waals surface area contributed by atoms with Crippen molar-refractivity contribution in [1.29, 1.82) is 0 Å². The van der Waals surface area contributed by atoms with Crippen LogP contribution in [0.5, 0.6) is 0 Å². The Kier molecular flexibility index (Phi) is 5.72. The van der Waals surface area contributed by atoms with Crippen molar-refractivity contribution in [2.45, 2.75) is 45.2 Å². The molecule has 3 aliphatic rings. The third-order valence-corrected chi connectivity index (χ3v) is 5.87. The van der Waals surface area contributed by atoms with E-state index in [9.17, 15) is 9.59 Å². The molecule has 1 aromatic rings. The number of aryl methyl sites for hydroxylation is 2. The molecule has 0 spiro atoms. The first kappa shape index (κ1) is 19.1. The van der Waals surface area contributed by atoms with Crippen molar-refractivity contribution in [3.63, 3.8) is 0 Å². The van der Waals surface area contributed by atoms with Crippen molar-refractivity contribution in [2.75, 3.05) is 31.1 Å². The lowest BCUT2D eigenvalue weighted by Gasteiger charge is -2.32. The fourth-order valence-corrected chi connectivity index (χ4v) is 4.22. The number of hydrogen-bond donors (Lipinski definition) is 3. The minimum Gasteiger partial charge on any atom is -0.466 e. The first-order valence-corrected chi connectivity index (χ1v) is 10.2. The summed E-state index contributed by atoms with van der Waals surface area (Å²) in [6.07, 6.45) is 4.35. The number of ether oxygens (including phenoxy) is 1. The third-order valence-electron chi connectivity index (χ3n) is 5.87. The molecule has 152 valence electrons. The molecule has 1 amide bonds. The Hall–Kier alpha value is -2.26. The van der Waals surface area contributed by atoms with Gasteiger partial charge in [-0.25, -0.2) is 5.43 Å². The summed E-state index contributed by atoms with van der Waals surface area (Å²) in [6.45, 7) is 4.12. The molecule has 1 aliphatic carbocycles. The molecule has 4 rings (SSSR count). The Morgan fingerprint density at radius 2 is 2.11 bits per heavy atom. The highest BCUT2D eigenvalue weighted by Gasteiger charge is 2.37. The van der Waals surface area contributed by atoms with E-state index in [0.29, 0.717) is 13.2 Å². The van der Waals surface area contributed by atoms with Crippen LogP contribution in [0.2, 0.25) is 0 Å². The summed E-state index contributed by atoms with van der Waals surface area (Å²) in [6, 6.07) is 2.16. The number of nitrogens with zero attached hydrogens (tertiary/aromatic N) is 3. The highest BCUT2D eigenvalue weighted by Crippen LogP contribution is 2.26. The zero-order chi connectivity index (χ0) is 19.5. The lowest BCUT2D eigenvalue weighted by Crippen LogP contribution is -2.52. The average Bonchev–Trinajstić information content (AvgIpc) is 3.37. The number of aromatic nitrogens is 2. The quantitative estimate of drug-likeness (QED) is 0.601. The first-order chi connectivity index (χ1) is 13.7. The van der Waals surface area contributed by atoms with E-state index in [1.165, 1.54) is 5.56 Å². The fourth-order valence-electron chi connectivity index (χ4n) is 4.22. The van der Waals surface area contributed by atoms with Gasteiger partial charge in [-0.3, -0.25) is 15.0 Å². The number of nitrogens with one attached hydrogen (secondary N) is 3. The van der Waals surface area contributed by atoms with Crippen LogP contribution in [0.15, 0.2) is 6.07 Å². The summed E-state index contributed by atoms with van der Waals surface area (Å²) in [4.78, 5) is 26.9. The van der Waals surface area contributed by atoms with E-state index in [0.717, 1.165) is 56.7 Å². The Morgan fingerprint density at radius 1 is 1.29 bits per heavy atom. The molecule has 2 unspecified atom stereocenters. The Morgan fingerprint density at radius 3 is 2.89 bits per heavy atom. The van der Waals surface area contributed by atoms with Gasteiger partial charge >= 0.3 is 5.97 Å². The van der Waals surface area contributed by atoms with E-state index in [1.807, 2.05) is 0 Å². The van der Waals surface area contributed by atoms with Crippen LogP contribution in [0.1, 0.15) is 37.4 Å². The maximum Gasteiger partial charge on any atom is 0.313 e. The van der Waals surface area contributed by atoms with Gasteiger partial charge in [-0.05, 0) is 50.7 Å². The van der Waals surface area contributed by atoms with Gasteiger partial charge in [0, 0.05) is 25.6 Å². The molecule has 3 heterocycles. The van der Waals surface area contributed by atoms with Gasteiger partial charge in [-0.15, -0.1) is 5.10 Å². The average molecular weight is 388 g/mol. The second-order valence-corrected chi connectivity index (χ2v) is 7.66. The van der Waals surface area contributed by atoms with E-state index >= 15 is 0 Å². The number of carbonyl (C=O) groups excluding carboxylic acids is 2. The van der Waals surface area contributed by atoms with Crippen LogP contribution in [-0.4, -0.2) is 54.5 Å². The van der Waals surface area contributed by atoms with Gasteiger partial charge < -0.3 is 15.0 Å². The van der Waals surface area contributed by atoms with Gasteiger partial charge in [0.25, 0.3) is 0 Å². The highest BCUT2D eigenvalue weighted by molar-refractivity contribution is 5.81. The summed E-state index contributed by atoms with van der Waals surface area (Å²) in [5.41, 5.74) is 8.34. The Bertz CT molecular complexity index is 734. The van der Waals surface area contributed by atoms with Crippen molar-refractivity contribution in [3.05, 3.63) is 17.3 Å². The number of hydrogen-bond acceptors (Lipinski definition) is 8. The summed E-state index contributed by atoms with van der Waals surface area (Å²) in [5, 5.41) is 11.7. The number of fused-ring (bicyclic) bond motifs is 1. The van der Waals surface area contributed by atoms with E-state index in [-0.39, 0.29) is 17.8 Å². The molecule has 1 aromatic heterocycles. The molecule has 2 atom stereocenters. The number of amides is 1. The maximum atomic E-state index is 12.7. The highest BCUT2D eigenvalue weighted by atomic mass is 16.5. The second kappa shape index (κ2) is 8.40. The number of carbonyl (C=O) groups is 2. The summed E-state index contributed by atoms with van der Waals surface area (Å²) < 4.78 is 5.09. The van der Waals surface area contributed by atoms with Crippen LogP contribution in [0.4, 0.5) is 5.82 Å². The molecule has 28 heavy (non-hydrogen) atoms. The van der Waals surface area contributed by atoms with Crippen molar-refractivity contribution < 1.29 is 14.3 Å². The zero-order valence-corrected chi connectivity index (χ0v) is 16.2. The molecule has 2 aliphatic heterocycles. The SMILES string of the molecule is CCOC(=O)C1CNNC1NC(=O)C1CCN(c2cc3c(nn2)CCC3)CC1. The van der Waals surface area contributed by atoms with Gasteiger partial charge in [0.2, 0.25) is 5.91 Å². The van der Waals surface area contributed by atoms with E-state index in [2.05, 4.69) is 37.3 Å². The molecule has 0 aromatic carbocycles. The fraction of sp³-hybridized carbons (Fsp3) is 0.684. The lowest BCUT2D eigenvalue weighted by molar-refractivity contribution is -0.148. The molecular formula is C19H28N6O3. The molecule has 0 radical (unpaired) electrons. The molecule has 3 N–H and O–H groups in total. The van der Waals surface area contributed by atoms with Crippen LogP contribution >= 0.6 is 0 Å². The van der Waals surface area contributed by atoms with Crippen LogP contribution < -0.4 is 21.1 Å². The van der Waals surface area contributed by atoms with Gasteiger partial charge in [-0.1, -0.05) is 0 Å². The monoisotopic (exact) mass is 388 g/mol. The molecule has 2 saturated heterocycles. The predicted molar refractivity (Wildman–Crippen MR) is 102 cm³/mol. The summed E-state index contributed by atoms with van der Waals surface area (Å²) in [5.74, 6) is 0.128. The maximum absolute atomic E-state index is 12.7. The molecule has 9 nitrogen and oxygen atoms in total. The predicted octanol–water partition coefficient (Wildman–Crippen LogP) is -0.0889. The van der Waals surface area contributed by atoms with Crippen molar-refractivity contribution in [2.24, 2.45) is 11.8 Å². The van der Waals surface area contributed by atoms with E-state index in [1.54, 1.807) is 6.92 Å². The Labute approximate surface area is 164 Å². The Balaban J connectivity index is 1.30. The molecule has 9 heteroatoms. The smallest absolute Gasteiger partial charge is 0.313 e. The van der Waals surface area contributed by atoms with Gasteiger partial charge in [0.1, 0.15) is 12.1 Å². The minimum atomic E-state index is -0.438. The summed E-state index contributed by atoms with van der Waals surface area (Å²) >= 11 is 0. The second-order valence-electron chi connectivity index (χ2n) is 7.66. The number of piperidine rings is 1.